The molecule has 2 atom stereocenters. The number of amides is 1. The Bertz CT molecular complexity index is 345. The molecule has 16 heavy (non-hydrogen) atoms. The van der Waals surface area contributed by atoms with Gasteiger partial charge in [0.15, 0.2) is 0 Å². The maximum Gasteiger partial charge on any atom is 0.307 e. The fourth-order valence-corrected chi connectivity index (χ4v) is 2.56. The van der Waals surface area contributed by atoms with Gasteiger partial charge in [0.05, 0.1) is 11.8 Å². The van der Waals surface area contributed by atoms with Gasteiger partial charge in [-0.25, -0.2) is 0 Å². The molecule has 0 saturated heterocycles. The number of hydrogen-bond donors (Lipinski definition) is 2. The third-order valence-corrected chi connectivity index (χ3v) is 4.75. The number of carboxylic acid groups (broad SMARTS) is 1. The summed E-state index contributed by atoms with van der Waals surface area (Å²) in [6.07, 6.45) is 0.495. The quantitative estimate of drug-likeness (QED) is 0.759. The first-order chi connectivity index (χ1) is 7.19. The van der Waals surface area contributed by atoms with Crippen LogP contribution >= 0.6 is 0 Å². The average Bonchev–Trinajstić information content (AvgIpc) is 2.98. The molecule has 0 aromatic carbocycles. The van der Waals surface area contributed by atoms with E-state index in [9.17, 15) is 9.59 Å². The van der Waals surface area contributed by atoms with Crippen molar-refractivity contribution < 1.29 is 14.7 Å². The Kier molecular flexibility index (Phi) is 2.14. The van der Waals surface area contributed by atoms with Crippen molar-refractivity contribution in [1.29, 1.82) is 0 Å². The number of hydrogen-bond acceptors (Lipinski definition) is 2. The summed E-state index contributed by atoms with van der Waals surface area (Å²) in [6.45, 7) is 8.50. The smallest absolute Gasteiger partial charge is 0.307 e. The molecule has 0 aliphatic heterocycles. The Hall–Kier alpha value is -1.06. The van der Waals surface area contributed by atoms with E-state index in [4.69, 9.17) is 5.11 Å². The summed E-state index contributed by atoms with van der Waals surface area (Å²) in [7, 11) is 0. The number of carbonyl (C=O) groups is 2. The minimum absolute atomic E-state index is 0.0870. The topological polar surface area (TPSA) is 66.4 Å². The summed E-state index contributed by atoms with van der Waals surface area (Å²) in [6, 6.07) is 0.169. The molecule has 2 fully saturated rings. The molecule has 90 valence electrons. The van der Waals surface area contributed by atoms with E-state index in [1.165, 1.54) is 0 Å². The van der Waals surface area contributed by atoms with Gasteiger partial charge >= 0.3 is 5.97 Å². The highest BCUT2D eigenvalue weighted by atomic mass is 16.4. The van der Waals surface area contributed by atoms with Gasteiger partial charge in [0.25, 0.3) is 0 Å². The Morgan fingerprint density at radius 1 is 1.12 bits per heavy atom. The standard InChI is InChI=1S/C12H19NO3/c1-11(2)10(12(11,3)4)13-8(14)6-5-7(6)9(15)16/h6-7,10H,5H2,1-4H3,(H,13,14)(H,15,16). The minimum Gasteiger partial charge on any atom is -0.481 e. The second-order valence-electron chi connectivity index (χ2n) is 6.17. The van der Waals surface area contributed by atoms with Crippen LogP contribution in [-0.2, 0) is 9.59 Å². The van der Waals surface area contributed by atoms with Crippen LogP contribution in [-0.4, -0.2) is 23.0 Å². The fraction of sp³-hybridized carbons (Fsp3) is 0.833. The second-order valence-corrected chi connectivity index (χ2v) is 6.17. The SMILES string of the molecule is CC1(C)C(NC(=O)C2CC2C(=O)O)C1(C)C. The van der Waals surface area contributed by atoms with Gasteiger partial charge in [-0.2, -0.15) is 0 Å². The molecule has 2 rings (SSSR count). The molecule has 2 unspecified atom stereocenters. The molecular weight excluding hydrogens is 206 g/mol. The zero-order valence-electron chi connectivity index (χ0n) is 10.2. The van der Waals surface area contributed by atoms with Crippen molar-refractivity contribution in [3.05, 3.63) is 0 Å². The van der Waals surface area contributed by atoms with Crippen LogP contribution in [0.1, 0.15) is 34.1 Å². The van der Waals surface area contributed by atoms with Crippen LogP contribution in [0.15, 0.2) is 0 Å². The van der Waals surface area contributed by atoms with E-state index < -0.39 is 11.9 Å². The number of carbonyl (C=O) groups excluding carboxylic acids is 1. The van der Waals surface area contributed by atoms with Crippen molar-refractivity contribution in [1.82, 2.24) is 5.32 Å². The van der Waals surface area contributed by atoms with Crippen LogP contribution in [0, 0.1) is 22.7 Å². The molecular formula is C12H19NO3. The van der Waals surface area contributed by atoms with E-state index >= 15 is 0 Å². The molecule has 4 heteroatoms. The zero-order valence-corrected chi connectivity index (χ0v) is 10.2. The average molecular weight is 225 g/mol. The molecule has 0 aromatic heterocycles. The van der Waals surface area contributed by atoms with Gasteiger partial charge in [-0.15, -0.1) is 0 Å². The summed E-state index contributed by atoms with van der Waals surface area (Å²) < 4.78 is 0. The second kappa shape index (κ2) is 2.99. The number of carboxylic acids is 1. The molecule has 2 aliphatic carbocycles. The van der Waals surface area contributed by atoms with Gasteiger partial charge in [-0.1, -0.05) is 27.7 Å². The highest BCUT2D eigenvalue weighted by Gasteiger charge is 2.66. The van der Waals surface area contributed by atoms with Crippen molar-refractivity contribution in [2.45, 2.75) is 40.2 Å². The van der Waals surface area contributed by atoms with E-state index in [1.54, 1.807) is 0 Å². The summed E-state index contributed by atoms with van der Waals surface area (Å²) in [4.78, 5) is 22.4. The molecule has 2 aliphatic rings. The summed E-state index contributed by atoms with van der Waals surface area (Å²) in [5, 5.41) is 11.7. The third-order valence-electron chi connectivity index (χ3n) is 4.75. The molecule has 0 radical (unpaired) electrons. The fourth-order valence-electron chi connectivity index (χ4n) is 2.56. The lowest BCUT2D eigenvalue weighted by Gasteiger charge is -2.05. The molecule has 2 N–H and O–H groups in total. The van der Waals surface area contributed by atoms with E-state index in [2.05, 4.69) is 33.0 Å². The normalized spacial score (nSPS) is 34.2. The highest BCUT2D eigenvalue weighted by molar-refractivity contribution is 5.89. The molecule has 1 amide bonds. The maximum absolute atomic E-state index is 11.8. The predicted molar refractivity (Wildman–Crippen MR) is 58.7 cm³/mol. The van der Waals surface area contributed by atoms with Crippen LogP contribution in [0.3, 0.4) is 0 Å². The molecule has 0 aromatic rings. The van der Waals surface area contributed by atoms with Crippen molar-refractivity contribution in [3.8, 4) is 0 Å². The monoisotopic (exact) mass is 225 g/mol. The van der Waals surface area contributed by atoms with Crippen LogP contribution in [0.2, 0.25) is 0 Å². The van der Waals surface area contributed by atoms with Gasteiger partial charge in [-0.3, -0.25) is 9.59 Å². The van der Waals surface area contributed by atoms with Crippen LogP contribution < -0.4 is 5.32 Å². The van der Waals surface area contributed by atoms with Gasteiger partial charge in [0.1, 0.15) is 0 Å². The lowest BCUT2D eigenvalue weighted by atomic mass is 10.0. The van der Waals surface area contributed by atoms with Gasteiger partial charge in [0, 0.05) is 6.04 Å². The van der Waals surface area contributed by atoms with E-state index in [-0.39, 0.29) is 28.7 Å². The number of nitrogens with one attached hydrogen (secondary N) is 1. The van der Waals surface area contributed by atoms with Gasteiger partial charge in [-0.05, 0) is 17.3 Å². The lowest BCUT2D eigenvalue weighted by Crippen LogP contribution is -2.32. The summed E-state index contributed by atoms with van der Waals surface area (Å²) in [5.74, 6) is -1.69. The Labute approximate surface area is 95.4 Å². The van der Waals surface area contributed by atoms with E-state index in [1.807, 2.05) is 0 Å². The minimum atomic E-state index is -0.852. The van der Waals surface area contributed by atoms with Crippen molar-refractivity contribution in [2.24, 2.45) is 22.7 Å². The lowest BCUT2D eigenvalue weighted by molar-refractivity contribution is -0.140. The first-order valence-electron chi connectivity index (χ1n) is 5.73. The molecule has 0 spiro atoms. The largest absolute Gasteiger partial charge is 0.481 e. The molecule has 0 heterocycles. The summed E-state index contributed by atoms with van der Waals surface area (Å²) >= 11 is 0. The molecule has 2 saturated carbocycles. The third kappa shape index (κ3) is 1.43. The van der Waals surface area contributed by atoms with Crippen molar-refractivity contribution >= 4 is 11.9 Å². The van der Waals surface area contributed by atoms with Gasteiger partial charge in [0.2, 0.25) is 5.91 Å². The maximum atomic E-state index is 11.8. The number of aliphatic carboxylic acids is 1. The van der Waals surface area contributed by atoms with E-state index in [0.717, 1.165) is 0 Å². The Morgan fingerprint density at radius 3 is 1.94 bits per heavy atom. The van der Waals surface area contributed by atoms with Crippen molar-refractivity contribution in [2.75, 3.05) is 0 Å². The van der Waals surface area contributed by atoms with E-state index in [0.29, 0.717) is 6.42 Å². The number of rotatable bonds is 3. The highest BCUT2D eigenvalue weighted by Crippen LogP contribution is 2.62. The Balaban J connectivity index is 1.90. The first-order valence-corrected chi connectivity index (χ1v) is 5.73. The van der Waals surface area contributed by atoms with Crippen LogP contribution in [0.5, 0.6) is 0 Å². The molecule has 0 bridgehead atoms. The predicted octanol–water partition coefficient (Wildman–Crippen LogP) is 1.26. The first kappa shape index (κ1) is 11.4. The van der Waals surface area contributed by atoms with Crippen molar-refractivity contribution in [3.63, 3.8) is 0 Å². The van der Waals surface area contributed by atoms with Gasteiger partial charge < -0.3 is 10.4 Å². The summed E-state index contributed by atoms with van der Waals surface area (Å²) in [5.41, 5.74) is 0.215. The van der Waals surface area contributed by atoms with Crippen LogP contribution in [0.4, 0.5) is 0 Å². The molecule has 4 nitrogen and oxygen atoms in total. The Morgan fingerprint density at radius 2 is 1.62 bits per heavy atom. The van der Waals surface area contributed by atoms with Crippen LogP contribution in [0.25, 0.3) is 0 Å². The zero-order chi connectivity index (χ0) is 12.3.